The fourth-order valence-corrected chi connectivity index (χ4v) is 3.74. The van der Waals surface area contributed by atoms with Gasteiger partial charge in [-0.2, -0.15) is 0 Å². The van der Waals surface area contributed by atoms with E-state index in [1.807, 2.05) is 12.1 Å². The molecule has 1 aromatic carbocycles. The van der Waals surface area contributed by atoms with Crippen molar-refractivity contribution in [1.29, 1.82) is 0 Å². The lowest BCUT2D eigenvalue weighted by Gasteiger charge is -2.23. The van der Waals surface area contributed by atoms with Crippen molar-refractivity contribution in [3.05, 3.63) is 48.3 Å². The minimum atomic E-state index is -0.216. The lowest BCUT2D eigenvalue weighted by molar-refractivity contribution is 0.0706. The number of nitrogens with two attached hydrogens (primary N) is 1. The molecule has 0 amide bonds. The Morgan fingerprint density at radius 1 is 1.26 bits per heavy atom. The Morgan fingerprint density at radius 2 is 2.07 bits per heavy atom. The van der Waals surface area contributed by atoms with Crippen LogP contribution in [0.1, 0.15) is 18.0 Å². The number of imidazole rings is 1. The lowest BCUT2D eigenvalue weighted by atomic mass is 10.1. The number of rotatable bonds is 6. The first-order chi connectivity index (χ1) is 13.1. The highest BCUT2D eigenvalue weighted by Gasteiger charge is 2.27. The summed E-state index contributed by atoms with van der Waals surface area (Å²) < 4.78 is 20.8. The number of halogens is 1. The van der Waals surface area contributed by atoms with Crippen molar-refractivity contribution >= 4 is 17.0 Å². The maximum Gasteiger partial charge on any atom is 0.165 e. The van der Waals surface area contributed by atoms with Crippen molar-refractivity contribution in [3.8, 4) is 0 Å². The molecule has 0 bridgehead atoms. The number of hydrogen-bond acceptors (Lipinski definition) is 6. The fraction of sp³-hybridized carbons (Fsp3) is 0.421. The number of aromatic nitrogens is 4. The maximum atomic E-state index is 13.1. The van der Waals surface area contributed by atoms with Gasteiger partial charge in [0, 0.05) is 26.7 Å². The topological polar surface area (TPSA) is 82.1 Å². The molecule has 2 atom stereocenters. The van der Waals surface area contributed by atoms with E-state index in [-0.39, 0.29) is 11.9 Å². The minimum absolute atomic E-state index is 0.0618. The molecule has 7 nitrogen and oxygen atoms in total. The van der Waals surface area contributed by atoms with Gasteiger partial charge in [-0.3, -0.25) is 4.90 Å². The second kappa shape index (κ2) is 7.58. The monoisotopic (exact) mass is 370 g/mol. The normalized spacial score (nSPS) is 19.0. The molecule has 27 heavy (non-hydrogen) atoms. The van der Waals surface area contributed by atoms with E-state index < -0.39 is 0 Å². The Morgan fingerprint density at radius 3 is 2.85 bits per heavy atom. The average Bonchev–Trinajstić information content (AvgIpc) is 3.30. The van der Waals surface area contributed by atoms with Crippen molar-refractivity contribution in [2.24, 2.45) is 0 Å². The molecule has 8 heteroatoms. The number of fused-ring (bicyclic) bond motifs is 1. The van der Waals surface area contributed by atoms with Crippen LogP contribution in [-0.2, 0) is 11.2 Å². The predicted molar refractivity (Wildman–Crippen MR) is 101 cm³/mol. The minimum Gasteiger partial charge on any atom is -0.382 e. The van der Waals surface area contributed by atoms with Gasteiger partial charge in [0.05, 0.1) is 18.5 Å². The van der Waals surface area contributed by atoms with Crippen molar-refractivity contribution in [1.82, 2.24) is 24.4 Å². The largest absolute Gasteiger partial charge is 0.382 e. The molecule has 1 aliphatic rings. The zero-order valence-corrected chi connectivity index (χ0v) is 15.3. The van der Waals surface area contributed by atoms with Crippen molar-refractivity contribution < 1.29 is 9.13 Å². The van der Waals surface area contributed by atoms with Crippen LogP contribution in [0, 0.1) is 5.82 Å². The van der Waals surface area contributed by atoms with Gasteiger partial charge in [-0.05, 0) is 30.5 Å². The summed E-state index contributed by atoms with van der Waals surface area (Å²) >= 11 is 0. The average molecular weight is 370 g/mol. The van der Waals surface area contributed by atoms with Gasteiger partial charge in [-0.1, -0.05) is 12.1 Å². The van der Waals surface area contributed by atoms with Crippen molar-refractivity contribution in [2.75, 3.05) is 32.5 Å². The molecule has 2 unspecified atom stereocenters. The number of ether oxygens (including phenoxy) is 1. The van der Waals surface area contributed by atoms with E-state index in [0.717, 1.165) is 43.7 Å². The number of benzene rings is 1. The molecule has 1 fully saturated rings. The molecule has 2 aromatic heterocycles. The van der Waals surface area contributed by atoms with E-state index >= 15 is 0 Å². The van der Waals surface area contributed by atoms with Crippen molar-refractivity contribution in [3.63, 3.8) is 0 Å². The van der Waals surface area contributed by atoms with Crippen LogP contribution in [0.25, 0.3) is 11.2 Å². The Kier molecular flexibility index (Phi) is 5.00. The molecule has 0 radical (unpaired) electrons. The van der Waals surface area contributed by atoms with Crippen LogP contribution in [0.5, 0.6) is 0 Å². The van der Waals surface area contributed by atoms with E-state index in [1.165, 1.54) is 18.5 Å². The number of likely N-dealkylation sites (tertiary alicyclic amines) is 1. The number of nitrogens with zero attached hydrogens (tertiary/aromatic N) is 5. The second-order valence-electron chi connectivity index (χ2n) is 6.97. The summed E-state index contributed by atoms with van der Waals surface area (Å²) in [7, 11) is 1.73. The summed E-state index contributed by atoms with van der Waals surface area (Å²) in [5, 5.41) is 0. The van der Waals surface area contributed by atoms with Gasteiger partial charge in [-0.15, -0.1) is 0 Å². The SMILES string of the molecule is COC(Cc1ccc(F)cc1)CN1CCC(n2cnc3c(N)ncnc32)C1. The Balaban J connectivity index is 1.41. The van der Waals surface area contributed by atoms with Gasteiger partial charge in [0.2, 0.25) is 0 Å². The third-order valence-electron chi connectivity index (χ3n) is 5.20. The summed E-state index contributed by atoms with van der Waals surface area (Å²) in [6, 6.07) is 6.91. The number of nitrogen functional groups attached to an aromatic ring is 1. The van der Waals surface area contributed by atoms with Gasteiger partial charge in [-0.25, -0.2) is 19.3 Å². The van der Waals surface area contributed by atoms with Crippen LogP contribution < -0.4 is 5.73 Å². The van der Waals surface area contributed by atoms with Gasteiger partial charge in [0.15, 0.2) is 11.5 Å². The molecule has 0 saturated carbocycles. The lowest BCUT2D eigenvalue weighted by Crippen LogP contribution is -2.33. The zero-order chi connectivity index (χ0) is 18.8. The first-order valence-corrected chi connectivity index (χ1v) is 9.06. The summed E-state index contributed by atoms with van der Waals surface area (Å²) in [5.41, 5.74) is 8.40. The molecule has 0 spiro atoms. The maximum absolute atomic E-state index is 13.1. The highest BCUT2D eigenvalue weighted by Crippen LogP contribution is 2.26. The molecular weight excluding hydrogens is 347 g/mol. The third kappa shape index (κ3) is 3.77. The molecule has 4 rings (SSSR count). The zero-order valence-electron chi connectivity index (χ0n) is 15.3. The van der Waals surface area contributed by atoms with Gasteiger partial charge < -0.3 is 15.0 Å². The number of hydrogen-bond donors (Lipinski definition) is 1. The van der Waals surface area contributed by atoms with E-state index in [0.29, 0.717) is 17.4 Å². The molecule has 3 aromatic rings. The van der Waals surface area contributed by atoms with Crippen LogP contribution in [0.4, 0.5) is 10.2 Å². The molecule has 142 valence electrons. The highest BCUT2D eigenvalue weighted by molar-refractivity contribution is 5.81. The van der Waals surface area contributed by atoms with E-state index in [1.54, 1.807) is 13.4 Å². The van der Waals surface area contributed by atoms with Crippen LogP contribution in [0.2, 0.25) is 0 Å². The quantitative estimate of drug-likeness (QED) is 0.715. The Labute approximate surface area is 157 Å². The Hall–Kier alpha value is -2.58. The number of anilines is 1. The van der Waals surface area contributed by atoms with Gasteiger partial charge >= 0.3 is 0 Å². The summed E-state index contributed by atoms with van der Waals surface area (Å²) in [4.78, 5) is 15.1. The van der Waals surface area contributed by atoms with E-state index in [9.17, 15) is 4.39 Å². The molecule has 2 N–H and O–H groups in total. The standard InChI is InChI=1S/C19H23FN6O/c1-27-16(8-13-2-4-14(20)5-3-13)10-25-7-6-15(9-25)26-12-24-17-18(21)22-11-23-19(17)26/h2-5,11-12,15-16H,6-10H2,1H3,(H2,21,22,23). The molecule has 1 aliphatic heterocycles. The van der Waals surface area contributed by atoms with Gasteiger partial charge in [0.25, 0.3) is 0 Å². The van der Waals surface area contributed by atoms with Gasteiger partial charge in [0.1, 0.15) is 17.7 Å². The van der Waals surface area contributed by atoms with Crippen LogP contribution in [0.15, 0.2) is 36.9 Å². The molecule has 0 aliphatic carbocycles. The smallest absolute Gasteiger partial charge is 0.165 e. The molecular formula is C19H23FN6O. The molecule has 3 heterocycles. The fourth-order valence-electron chi connectivity index (χ4n) is 3.74. The highest BCUT2D eigenvalue weighted by atomic mass is 19.1. The van der Waals surface area contributed by atoms with Crippen molar-refractivity contribution in [2.45, 2.75) is 25.0 Å². The van der Waals surface area contributed by atoms with E-state index in [2.05, 4.69) is 24.4 Å². The molecule has 1 saturated heterocycles. The first-order valence-electron chi connectivity index (χ1n) is 9.06. The van der Waals surface area contributed by atoms with E-state index in [4.69, 9.17) is 10.5 Å². The van der Waals surface area contributed by atoms with Crippen LogP contribution in [0.3, 0.4) is 0 Å². The Bertz CT molecular complexity index is 912. The summed E-state index contributed by atoms with van der Waals surface area (Å²) in [5.74, 6) is 0.194. The summed E-state index contributed by atoms with van der Waals surface area (Å²) in [6.07, 6.45) is 5.12. The number of methoxy groups -OCH3 is 1. The van der Waals surface area contributed by atoms with Crippen LogP contribution in [-0.4, -0.2) is 57.3 Å². The third-order valence-corrected chi connectivity index (χ3v) is 5.20. The predicted octanol–water partition coefficient (Wildman–Crippen LogP) is 2.05. The first kappa shape index (κ1) is 17.8. The summed E-state index contributed by atoms with van der Waals surface area (Å²) in [6.45, 7) is 2.71. The second-order valence-corrected chi connectivity index (χ2v) is 6.97. The van der Waals surface area contributed by atoms with Crippen LogP contribution >= 0.6 is 0 Å².